The van der Waals surface area contributed by atoms with Gasteiger partial charge in [0.15, 0.2) is 6.10 Å². The number of aromatic nitrogens is 2. The van der Waals surface area contributed by atoms with Crippen LogP contribution < -0.4 is 0 Å². The van der Waals surface area contributed by atoms with Crippen molar-refractivity contribution in [1.82, 2.24) is 15.1 Å². The SMILES string of the molecule is Cc1nnc([C@@H]2CN(C(=O)[C@H](C)Cc3cccs3)CCO2)o1. The van der Waals surface area contributed by atoms with Crippen LogP contribution in [0.2, 0.25) is 0 Å². The molecule has 0 N–H and O–H groups in total. The molecule has 0 aromatic carbocycles. The van der Waals surface area contributed by atoms with Crippen molar-refractivity contribution in [3.05, 3.63) is 34.2 Å². The largest absolute Gasteiger partial charge is 0.423 e. The summed E-state index contributed by atoms with van der Waals surface area (Å²) in [6.45, 7) is 5.28. The number of rotatable bonds is 4. The monoisotopic (exact) mass is 321 g/mol. The molecule has 0 radical (unpaired) electrons. The molecule has 0 aliphatic carbocycles. The summed E-state index contributed by atoms with van der Waals surface area (Å²) in [7, 11) is 0. The van der Waals surface area contributed by atoms with Gasteiger partial charge in [-0.2, -0.15) is 0 Å². The summed E-state index contributed by atoms with van der Waals surface area (Å²) in [6.07, 6.45) is 0.450. The molecular formula is C15H19N3O3S. The molecule has 1 aliphatic rings. The third-order valence-corrected chi connectivity index (χ3v) is 4.60. The molecule has 0 spiro atoms. The number of carbonyl (C=O) groups is 1. The van der Waals surface area contributed by atoms with Crippen LogP contribution >= 0.6 is 11.3 Å². The molecular weight excluding hydrogens is 302 g/mol. The van der Waals surface area contributed by atoms with Crippen molar-refractivity contribution in [3.8, 4) is 0 Å². The van der Waals surface area contributed by atoms with Crippen LogP contribution in [0.5, 0.6) is 0 Å². The van der Waals surface area contributed by atoms with Gasteiger partial charge in [0.05, 0.1) is 13.2 Å². The molecule has 2 atom stereocenters. The van der Waals surface area contributed by atoms with Crippen LogP contribution in [-0.2, 0) is 16.0 Å². The topological polar surface area (TPSA) is 68.5 Å². The lowest BCUT2D eigenvalue weighted by Gasteiger charge is -2.33. The van der Waals surface area contributed by atoms with Crippen molar-refractivity contribution in [2.45, 2.75) is 26.4 Å². The zero-order valence-corrected chi connectivity index (χ0v) is 13.5. The van der Waals surface area contributed by atoms with E-state index >= 15 is 0 Å². The van der Waals surface area contributed by atoms with E-state index in [9.17, 15) is 4.79 Å². The first-order valence-corrected chi connectivity index (χ1v) is 8.24. The predicted molar refractivity (Wildman–Crippen MR) is 81.5 cm³/mol. The summed E-state index contributed by atoms with van der Waals surface area (Å²) < 4.78 is 11.1. The second-order valence-electron chi connectivity index (χ2n) is 5.49. The minimum atomic E-state index is -0.326. The summed E-state index contributed by atoms with van der Waals surface area (Å²) in [6, 6.07) is 4.08. The van der Waals surface area contributed by atoms with E-state index in [1.54, 1.807) is 18.3 Å². The van der Waals surface area contributed by atoms with Crippen LogP contribution in [-0.4, -0.2) is 40.7 Å². The third kappa shape index (κ3) is 3.36. The quantitative estimate of drug-likeness (QED) is 0.863. The number of hydrogen-bond acceptors (Lipinski definition) is 6. The summed E-state index contributed by atoms with van der Waals surface area (Å²) >= 11 is 1.69. The van der Waals surface area contributed by atoms with E-state index in [1.165, 1.54) is 4.88 Å². The number of carbonyl (C=O) groups excluding carboxylic acids is 1. The maximum absolute atomic E-state index is 12.6. The predicted octanol–water partition coefficient (Wildman–Crippen LogP) is 2.22. The minimum Gasteiger partial charge on any atom is -0.423 e. The van der Waals surface area contributed by atoms with Crippen molar-refractivity contribution in [1.29, 1.82) is 0 Å². The van der Waals surface area contributed by atoms with E-state index in [-0.39, 0.29) is 17.9 Å². The number of amides is 1. The average molecular weight is 321 g/mol. The van der Waals surface area contributed by atoms with E-state index in [0.29, 0.717) is 31.5 Å². The van der Waals surface area contributed by atoms with Crippen molar-refractivity contribution >= 4 is 17.2 Å². The first-order valence-electron chi connectivity index (χ1n) is 7.36. The van der Waals surface area contributed by atoms with Gasteiger partial charge in [-0.1, -0.05) is 13.0 Å². The summed E-state index contributed by atoms with van der Waals surface area (Å²) in [4.78, 5) is 15.7. The highest BCUT2D eigenvalue weighted by Crippen LogP contribution is 2.23. The molecule has 6 nitrogen and oxygen atoms in total. The minimum absolute atomic E-state index is 0.0400. The molecule has 1 amide bonds. The smallest absolute Gasteiger partial charge is 0.246 e. The Labute approximate surface area is 133 Å². The molecule has 2 aromatic heterocycles. The van der Waals surface area contributed by atoms with Crippen LogP contribution in [0, 0.1) is 12.8 Å². The number of morpholine rings is 1. The van der Waals surface area contributed by atoms with Gasteiger partial charge >= 0.3 is 0 Å². The highest BCUT2D eigenvalue weighted by molar-refractivity contribution is 7.09. The van der Waals surface area contributed by atoms with E-state index in [4.69, 9.17) is 9.15 Å². The zero-order valence-electron chi connectivity index (χ0n) is 12.7. The maximum atomic E-state index is 12.6. The first-order chi connectivity index (χ1) is 10.6. The van der Waals surface area contributed by atoms with Gasteiger partial charge in [0.1, 0.15) is 0 Å². The van der Waals surface area contributed by atoms with Crippen molar-refractivity contribution < 1.29 is 13.9 Å². The van der Waals surface area contributed by atoms with Crippen LogP contribution in [0.4, 0.5) is 0 Å². The Hall–Kier alpha value is -1.73. The maximum Gasteiger partial charge on any atom is 0.246 e. The van der Waals surface area contributed by atoms with E-state index in [1.807, 2.05) is 23.3 Å². The molecule has 118 valence electrons. The number of nitrogens with zero attached hydrogens (tertiary/aromatic N) is 3. The molecule has 7 heteroatoms. The van der Waals surface area contributed by atoms with Crippen LogP contribution in [0.3, 0.4) is 0 Å². The van der Waals surface area contributed by atoms with Gasteiger partial charge < -0.3 is 14.1 Å². The van der Waals surface area contributed by atoms with Gasteiger partial charge in [-0.25, -0.2) is 0 Å². The number of aryl methyl sites for hydroxylation is 1. The lowest BCUT2D eigenvalue weighted by Crippen LogP contribution is -2.44. The fraction of sp³-hybridized carbons (Fsp3) is 0.533. The van der Waals surface area contributed by atoms with Gasteiger partial charge in [0, 0.05) is 24.3 Å². The van der Waals surface area contributed by atoms with Crippen LogP contribution in [0.15, 0.2) is 21.9 Å². The molecule has 3 rings (SSSR count). The van der Waals surface area contributed by atoms with E-state index < -0.39 is 0 Å². The van der Waals surface area contributed by atoms with Gasteiger partial charge in [-0.15, -0.1) is 21.5 Å². The number of hydrogen-bond donors (Lipinski definition) is 0. The highest BCUT2D eigenvalue weighted by Gasteiger charge is 2.30. The van der Waals surface area contributed by atoms with Crippen molar-refractivity contribution in [2.75, 3.05) is 19.7 Å². The van der Waals surface area contributed by atoms with Gasteiger partial charge in [-0.05, 0) is 17.9 Å². The molecule has 2 aromatic rings. The Morgan fingerprint density at radius 2 is 2.41 bits per heavy atom. The number of ether oxygens (including phenoxy) is 1. The lowest BCUT2D eigenvalue weighted by molar-refractivity contribution is -0.143. The molecule has 1 fully saturated rings. The fourth-order valence-electron chi connectivity index (χ4n) is 2.57. The van der Waals surface area contributed by atoms with Gasteiger partial charge in [-0.3, -0.25) is 4.79 Å². The van der Waals surface area contributed by atoms with Crippen LogP contribution in [0.1, 0.15) is 29.7 Å². The second kappa shape index (κ2) is 6.58. The lowest BCUT2D eigenvalue weighted by atomic mass is 10.0. The van der Waals surface area contributed by atoms with Gasteiger partial charge in [0.25, 0.3) is 0 Å². The second-order valence-corrected chi connectivity index (χ2v) is 6.52. The Morgan fingerprint density at radius 3 is 3.09 bits per heavy atom. The molecule has 22 heavy (non-hydrogen) atoms. The summed E-state index contributed by atoms with van der Waals surface area (Å²) in [5, 5.41) is 9.85. The normalized spacial score (nSPS) is 20.1. The molecule has 0 unspecified atom stereocenters. The van der Waals surface area contributed by atoms with Crippen LogP contribution in [0.25, 0.3) is 0 Å². The van der Waals surface area contributed by atoms with E-state index in [2.05, 4.69) is 16.3 Å². The Kier molecular flexibility index (Phi) is 4.54. The first kappa shape index (κ1) is 15.2. The van der Waals surface area contributed by atoms with Crippen molar-refractivity contribution in [3.63, 3.8) is 0 Å². The average Bonchev–Trinajstić information content (AvgIpc) is 3.18. The Bertz CT molecular complexity index is 626. The molecule has 0 bridgehead atoms. The third-order valence-electron chi connectivity index (χ3n) is 3.70. The standard InChI is InChI=1S/C15H19N3O3S/c1-10(8-12-4-3-7-22-12)15(19)18-5-6-20-13(9-18)14-17-16-11(2)21-14/h3-4,7,10,13H,5-6,8-9H2,1-2H3/t10-,13+/m1/s1. The summed E-state index contributed by atoms with van der Waals surface area (Å²) in [5.41, 5.74) is 0. The van der Waals surface area contributed by atoms with Gasteiger partial charge in [0.2, 0.25) is 17.7 Å². The molecule has 1 aliphatic heterocycles. The summed E-state index contributed by atoms with van der Waals surface area (Å²) in [5.74, 6) is 1.06. The van der Waals surface area contributed by atoms with E-state index in [0.717, 1.165) is 6.42 Å². The number of thiophene rings is 1. The molecule has 0 saturated carbocycles. The fourth-order valence-corrected chi connectivity index (χ4v) is 3.41. The Balaban J connectivity index is 1.62. The van der Waals surface area contributed by atoms with Crippen molar-refractivity contribution in [2.24, 2.45) is 5.92 Å². The molecule has 1 saturated heterocycles. The molecule has 3 heterocycles. The Morgan fingerprint density at radius 1 is 1.55 bits per heavy atom. The highest BCUT2D eigenvalue weighted by atomic mass is 32.1. The zero-order chi connectivity index (χ0) is 15.5.